The molecule has 1 atom stereocenters. The molecule has 0 saturated heterocycles. The molecule has 3 aromatic rings. The number of aromatic amines is 1. The number of aromatic nitrogens is 1. The normalized spacial score (nSPS) is 12.0. The second kappa shape index (κ2) is 8.08. The van der Waals surface area contributed by atoms with Crippen molar-refractivity contribution in [3.63, 3.8) is 0 Å². The number of nitrogens with one attached hydrogen (secondary N) is 1. The van der Waals surface area contributed by atoms with Gasteiger partial charge in [-0.3, -0.25) is 9.59 Å². The monoisotopic (exact) mass is 365 g/mol. The molecule has 5 nitrogen and oxygen atoms in total. The lowest BCUT2D eigenvalue weighted by Gasteiger charge is -2.13. The number of fused-ring (bicyclic) bond motifs is 1. The fraction of sp³-hybridized carbons (Fsp3) is 0.273. The quantitative estimate of drug-likeness (QED) is 0.502. The van der Waals surface area contributed by atoms with Gasteiger partial charge >= 0.3 is 5.97 Å². The van der Waals surface area contributed by atoms with E-state index in [0.717, 1.165) is 27.9 Å². The van der Waals surface area contributed by atoms with Crippen molar-refractivity contribution >= 4 is 22.7 Å². The van der Waals surface area contributed by atoms with Crippen molar-refractivity contribution in [1.29, 1.82) is 0 Å². The van der Waals surface area contributed by atoms with Crippen LogP contribution in [0.3, 0.4) is 0 Å². The predicted molar refractivity (Wildman–Crippen MR) is 104 cm³/mol. The molecule has 2 aromatic carbocycles. The summed E-state index contributed by atoms with van der Waals surface area (Å²) >= 11 is 0. The van der Waals surface area contributed by atoms with Crippen molar-refractivity contribution in [1.82, 2.24) is 4.98 Å². The minimum absolute atomic E-state index is 0.185. The molecular formula is C22H23NO4. The van der Waals surface area contributed by atoms with Crippen molar-refractivity contribution in [2.24, 2.45) is 0 Å². The van der Waals surface area contributed by atoms with Crippen LogP contribution >= 0.6 is 0 Å². The van der Waals surface area contributed by atoms with Crippen molar-refractivity contribution in [3.05, 3.63) is 65.4 Å². The first kappa shape index (κ1) is 18.7. The number of H-pyrrole nitrogens is 1. The lowest BCUT2D eigenvalue weighted by molar-refractivity contribution is -0.146. The fourth-order valence-corrected chi connectivity index (χ4v) is 3.25. The first-order valence-corrected chi connectivity index (χ1v) is 8.94. The fourth-order valence-electron chi connectivity index (χ4n) is 3.25. The highest BCUT2D eigenvalue weighted by atomic mass is 16.5. The Kier molecular flexibility index (Phi) is 5.60. The second-order valence-electron chi connectivity index (χ2n) is 6.48. The van der Waals surface area contributed by atoms with Crippen LogP contribution < -0.4 is 4.74 Å². The third-order valence-electron chi connectivity index (χ3n) is 4.61. The zero-order chi connectivity index (χ0) is 19.4. The summed E-state index contributed by atoms with van der Waals surface area (Å²) in [6.45, 7) is 3.47. The van der Waals surface area contributed by atoms with Gasteiger partial charge in [0.05, 0.1) is 7.11 Å². The number of esters is 1. The number of para-hydroxylation sites is 2. The molecule has 0 radical (unpaired) electrons. The lowest BCUT2D eigenvalue weighted by atomic mass is 10.0. The molecule has 0 amide bonds. The zero-order valence-corrected chi connectivity index (χ0v) is 15.7. The summed E-state index contributed by atoms with van der Waals surface area (Å²) in [6.07, 6.45) is -0.158. The summed E-state index contributed by atoms with van der Waals surface area (Å²) in [5.41, 5.74) is 3.19. The number of carbonyl (C=O) groups is 2. The molecule has 1 heterocycles. The summed E-state index contributed by atoms with van der Waals surface area (Å²) in [5, 5.41) is 0.844. The van der Waals surface area contributed by atoms with Crippen LogP contribution in [0, 0.1) is 6.92 Å². The molecule has 0 spiro atoms. The van der Waals surface area contributed by atoms with E-state index in [-0.39, 0.29) is 12.2 Å². The molecule has 0 aliphatic heterocycles. The first-order chi connectivity index (χ1) is 13.0. The van der Waals surface area contributed by atoms with E-state index in [4.69, 9.17) is 9.47 Å². The average molecular weight is 365 g/mol. The van der Waals surface area contributed by atoms with Crippen LogP contribution in [0.5, 0.6) is 5.75 Å². The Morgan fingerprint density at radius 3 is 2.56 bits per heavy atom. The molecule has 140 valence electrons. The number of rotatable bonds is 7. The Morgan fingerprint density at radius 1 is 1.07 bits per heavy atom. The van der Waals surface area contributed by atoms with Crippen LogP contribution in [0.2, 0.25) is 0 Å². The van der Waals surface area contributed by atoms with Crippen molar-refractivity contribution in [3.8, 4) is 5.75 Å². The summed E-state index contributed by atoms with van der Waals surface area (Å²) in [4.78, 5) is 28.3. The topological polar surface area (TPSA) is 68.4 Å². The van der Waals surface area contributed by atoms with Crippen molar-refractivity contribution < 1.29 is 19.1 Å². The highest BCUT2D eigenvalue weighted by Gasteiger charge is 2.24. The van der Waals surface area contributed by atoms with E-state index in [9.17, 15) is 9.59 Å². The van der Waals surface area contributed by atoms with Crippen molar-refractivity contribution in [2.45, 2.75) is 32.8 Å². The third-order valence-corrected chi connectivity index (χ3v) is 4.61. The van der Waals surface area contributed by atoms with Gasteiger partial charge in [-0.2, -0.15) is 0 Å². The number of hydrogen-bond donors (Lipinski definition) is 1. The molecule has 5 heteroatoms. The minimum Gasteiger partial charge on any atom is -0.496 e. The van der Waals surface area contributed by atoms with E-state index in [1.807, 2.05) is 55.5 Å². The molecule has 27 heavy (non-hydrogen) atoms. The molecule has 0 fully saturated rings. The first-order valence-electron chi connectivity index (χ1n) is 8.94. The van der Waals surface area contributed by atoms with Gasteiger partial charge in [-0.25, -0.2) is 0 Å². The number of methoxy groups -OCH3 is 1. The Hall–Kier alpha value is -3.08. The van der Waals surface area contributed by atoms with Gasteiger partial charge in [0.1, 0.15) is 5.75 Å². The molecule has 0 aliphatic rings. The number of Topliss-reactive ketones (excluding diaryl/α,β-unsaturated/α-hetero) is 1. The smallest absolute Gasteiger partial charge is 0.306 e. The maximum absolute atomic E-state index is 12.8. The highest BCUT2D eigenvalue weighted by molar-refractivity contribution is 6.11. The standard InChI is InChI=1S/C22H23NO4/c1-14-21(17-9-5-6-10-18(17)23-14)22(25)15(2)27-20(24)13-12-16-8-4-7-11-19(16)26-3/h4-11,15,23H,12-13H2,1-3H3/t15-/m1/s1. The summed E-state index contributed by atoms with van der Waals surface area (Å²) < 4.78 is 10.7. The number of carbonyl (C=O) groups excluding carboxylic acids is 2. The second-order valence-corrected chi connectivity index (χ2v) is 6.48. The van der Waals surface area contributed by atoms with E-state index in [1.54, 1.807) is 14.0 Å². The third kappa shape index (κ3) is 4.03. The van der Waals surface area contributed by atoms with E-state index in [1.165, 1.54) is 0 Å². The van der Waals surface area contributed by atoms with Gasteiger partial charge in [0.15, 0.2) is 6.10 Å². The zero-order valence-electron chi connectivity index (χ0n) is 15.7. The van der Waals surface area contributed by atoms with Gasteiger partial charge in [-0.15, -0.1) is 0 Å². The van der Waals surface area contributed by atoms with Crippen LogP contribution in [0.25, 0.3) is 10.9 Å². The molecule has 1 N–H and O–H groups in total. The van der Waals surface area contributed by atoms with Gasteiger partial charge in [0.25, 0.3) is 0 Å². The Balaban J connectivity index is 1.65. The number of benzene rings is 2. The Bertz CT molecular complexity index is 973. The van der Waals surface area contributed by atoms with Gasteiger partial charge in [-0.1, -0.05) is 36.4 Å². The molecule has 0 saturated carbocycles. The van der Waals surface area contributed by atoms with Crippen molar-refractivity contribution in [2.75, 3.05) is 7.11 Å². The van der Waals surface area contributed by atoms with E-state index in [0.29, 0.717) is 12.0 Å². The maximum atomic E-state index is 12.8. The summed E-state index contributed by atoms with van der Waals surface area (Å²) in [7, 11) is 1.60. The highest BCUT2D eigenvalue weighted by Crippen LogP contribution is 2.24. The number of hydrogen-bond acceptors (Lipinski definition) is 4. The van der Waals surface area contributed by atoms with Crippen LogP contribution in [-0.2, 0) is 16.0 Å². The molecule has 0 aliphatic carbocycles. The van der Waals surface area contributed by atoms with E-state index in [2.05, 4.69) is 4.98 Å². The SMILES string of the molecule is COc1ccccc1CCC(=O)O[C@H](C)C(=O)c1c(C)[nH]c2ccccc12. The Morgan fingerprint density at radius 2 is 1.78 bits per heavy atom. The Labute approximate surface area is 158 Å². The molecular weight excluding hydrogens is 342 g/mol. The number of aryl methyl sites for hydroxylation is 2. The van der Waals surface area contributed by atoms with E-state index >= 15 is 0 Å². The lowest BCUT2D eigenvalue weighted by Crippen LogP contribution is -2.25. The summed E-state index contributed by atoms with van der Waals surface area (Å²) in [6, 6.07) is 15.2. The molecule has 3 rings (SSSR count). The number of ether oxygens (including phenoxy) is 2. The van der Waals surface area contributed by atoms with Gasteiger partial charge < -0.3 is 14.5 Å². The van der Waals surface area contributed by atoms with Gasteiger partial charge in [0.2, 0.25) is 5.78 Å². The van der Waals surface area contributed by atoms with Gasteiger partial charge in [0, 0.05) is 28.6 Å². The largest absolute Gasteiger partial charge is 0.496 e. The predicted octanol–water partition coefficient (Wildman–Crippen LogP) is 4.23. The summed E-state index contributed by atoms with van der Waals surface area (Å²) in [5.74, 6) is 0.138. The van der Waals surface area contributed by atoms with Crippen LogP contribution in [0.4, 0.5) is 0 Å². The minimum atomic E-state index is -0.840. The molecule has 0 unspecified atom stereocenters. The molecule has 1 aromatic heterocycles. The number of ketones is 1. The van der Waals surface area contributed by atoms with Gasteiger partial charge in [-0.05, 0) is 38.0 Å². The van der Waals surface area contributed by atoms with Crippen LogP contribution in [0.1, 0.15) is 35.0 Å². The average Bonchev–Trinajstić information content (AvgIpc) is 3.01. The van der Waals surface area contributed by atoms with E-state index < -0.39 is 12.1 Å². The van der Waals surface area contributed by atoms with Crippen LogP contribution in [-0.4, -0.2) is 30.0 Å². The van der Waals surface area contributed by atoms with Crippen LogP contribution in [0.15, 0.2) is 48.5 Å². The maximum Gasteiger partial charge on any atom is 0.306 e. The molecule has 0 bridgehead atoms.